The molecule has 0 radical (unpaired) electrons. The summed E-state index contributed by atoms with van der Waals surface area (Å²) in [5.74, 6) is 0.833. The number of hydrogen-bond donors (Lipinski definition) is 2. The first-order valence-corrected chi connectivity index (χ1v) is 11.1. The molecule has 166 valence electrons. The minimum Gasteiger partial charge on any atom is -0.463 e. The van der Waals surface area contributed by atoms with Gasteiger partial charge in [-0.05, 0) is 43.7 Å². The summed E-state index contributed by atoms with van der Waals surface area (Å²) in [5, 5.41) is 6.52. The monoisotopic (exact) mass is 453 g/mol. The van der Waals surface area contributed by atoms with E-state index in [9.17, 15) is 9.59 Å². The van der Waals surface area contributed by atoms with Crippen LogP contribution in [0.25, 0.3) is 0 Å². The molecule has 4 rings (SSSR count). The van der Waals surface area contributed by atoms with Gasteiger partial charge in [-0.15, -0.1) is 0 Å². The summed E-state index contributed by atoms with van der Waals surface area (Å²) in [7, 11) is 0. The van der Waals surface area contributed by atoms with Crippen molar-refractivity contribution in [3.05, 3.63) is 65.4 Å². The third kappa shape index (κ3) is 4.88. The average molecular weight is 454 g/mol. The molecule has 2 aliphatic rings. The number of anilines is 1. The van der Waals surface area contributed by atoms with E-state index in [-0.39, 0.29) is 25.1 Å². The maximum Gasteiger partial charge on any atom is 0.338 e. The predicted molar refractivity (Wildman–Crippen MR) is 123 cm³/mol. The van der Waals surface area contributed by atoms with E-state index in [0.717, 1.165) is 11.3 Å². The van der Waals surface area contributed by atoms with Crippen LogP contribution in [-0.2, 0) is 14.3 Å². The second-order valence-electron chi connectivity index (χ2n) is 7.04. The summed E-state index contributed by atoms with van der Waals surface area (Å²) in [6.45, 7) is 3.97. The van der Waals surface area contributed by atoms with E-state index in [1.165, 1.54) is 11.8 Å². The quantitative estimate of drug-likeness (QED) is 0.645. The number of fused-ring (bicyclic) bond motifs is 1. The molecular formula is C23H23N3O5S. The van der Waals surface area contributed by atoms with Gasteiger partial charge in [0, 0.05) is 11.4 Å². The fraction of sp³-hybridized carbons (Fsp3) is 0.261. The fourth-order valence-electron chi connectivity index (χ4n) is 3.37. The van der Waals surface area contributed by atoms with E-state index in [1.54, 1.807) is 19.9 Å². The molecule has 0 fully saturated rings. The SMILES string of the molecule is CCOC(=O)C1=C(C)NC(SCC(=O)Nc2ccccc2)=N[C@H]1c1ccc2c(c1)OCO2. The molecule has 32 heavy (non-hydrogen) atoms. The minimum absolute atomic E-state index is 0.150. The van der Waals surface area contributed by atoms with Gasteiger partial charge in [0.2, 0.25) is 12.7 Å². The average Bonchev–Trinajstić information content (AvgIpc) is 3.26. The first kappa shape index (κ1) is 21.8. The first-order valence-electron chi connectivity index (χ1n) is 10.1. The van der Waals surface area contributed by atoms with E-state index >= 15 is 0 Å². The van der Waals surface area contributed by atoms with Gasteiger partial charge in [0.25, 0.3) is 0 Å². The van der Waals surface area contributed by atoms with Crippen molar-refractivity contribution < 1.29 is 23.8 Å². The Morgan fingerprint density at radius 1 is 1.19 bits per heavy atom. The van der Waals surface area contributed by atoms with Crippen LogP contribution in [0.4, 0.5) is 5.69 Å². The summed E-state index contributed by atoms with van der Waals surface area (Å²) in [4.78, 5) is 29.8. The number of hydrogen-bond acceptors (Lipinski definition) is 8. The van der Waals surface area contributed by atoms with E-state index in [2.05, 4.69) is 10.6 Å². The van der Waals surface area contributed by atoms with Gasteiger partial charge in [0.15, 0.2) is 16.7 Å². The number of thioether (sulfide) groups is 1. The Morgan fingerprint density at radius 3 is 2.75 bits per heavy atom. The molecule has 2 N–H and O–H groups in total. The largest absolute Gasteiger partial charge is 0.463 e. The zero-order chi connectivity index (χ0) is 22.5. The maximum absolute atomic E-state index is 12.7. The van der Waals surface area contributed by atoms with Gasteiger partial charge < -0.3 is 24.8 Å². The van der Waals surface area contributed by atoms with Gasteiger partial charge in [-0.3, -0.25) is 4.79 Å². The summed E-state index contributed by atoms with van der Waals surface area (Å²) < 4.78 is 16.1. The molecule has 0 aromatic heterocycles. The molecule has 2 aromatic rings. The van der Waals surface area contributed by atoms with Crippen molar-refractivity contribution in [1.82, 2.24) is 5.32 Å². The van der Waals surface area contributed by atoms with Crippen molar-refractivity contribution in [2.24, 2.45) is 4.99 Å². The normalized spacial score (nSPS) is 16.8. The van der Waals surface area contributed by atoms with Crippen LogP contribution in [0.2, 0.25) is 0 Å². The topological polar surface area (TPSA) is 98.2 Å². The lowest BCUT2D eigenvalue weighted by Crippen LogP contribution is -2.31. The lowest BCUT2D eigenvalue weighted by atomic mass is 9.96. The number of amidine groups is 1. The Bertz CT molecular complexity index is 1080. The predicted octanol–water partition coefficient (Wildman–Crippen LogP) is 3.62. The highest BCUT2D eigenvalue weighted by molar-refractivity contribution is 8.14. The second-order valence-corrected chi connectivity index (χ2v) is 8.00. The van der Waals surface area contributed by atoms with Crippen molar-refractivity contribution in [1.29, 1.82) is 0 Å². The van der Waals surface area contributed by atoms with Crippen LogP contribution < -0.4 is 20.1 Å². The van der Waals surface area contributed by atoms with E-state index < -0.39 is 12.0 Å². The number of nitrogens with one attached hydrogen (secondary N) is 2. The molecule has 1 amide bonds. The Balaban J connectivity index is 1.54. The molecule has 9 heteroatoms. The van der Waals surface area contributed by atoms with E-state index in [1.807, 2.05) is 42.5 Å². The number of rotatable bonds is 6. The molecule has 1 atom stereocenters. The molecule has 0 unspecified atom stereocenters. The number of allylic oxidation sites excluding steroid dienone is 1. The van der Waals surface area contributed by atoms with E-state index in [0.29, 0.717) is 27.9 Å². The van der Waals surface area contributed by atoms with Crippen molar-refractivity contribution in [2.45, 2.75) is 19.9 Å². The van der Waals surface area contributed by atoms with Gasteiger partial charge in [-0.25, -0.2) is 9.79 Å². The Hall–Kier alpha value is -3.46. The number of benzene rings is 2. The van der Waals surface area contributed by atoms with Crippen LogP contribution in [0.15, 0.2) is 64.8 Å². The fourth-order valence-corrected chi connectivity index (χ4v) is 4.12. The zero-order valence-electron chi connectivity index (χ0n) is 17.7. The molecule has 8 nitrogen and oxygen atoms in total. The van der Waals surface area contributed by atoms with Crippen LogP contribution in [0.1, 0.15) is 25.5 Å². The van der Waals surface area contributed by atoms with Gasteiger partial charge in [-0.1, -0.05) is 36.0 Å². The Kier molecular flexibility index (Phi) is 6.65. The molecule has 0 bridgehead atoms. The summed E-state index contributed by atoms with van der Waals surface area (Å²) in [6, 6.07) is 14.1. The smallest absolute Gasteiger partial charge is 0.338 e. The molecule has 0 spiro atoms. The third-order valence-corrected chi connectivity index (χ3v) is 5.71. The lowest BCUT2D eigenvalue weighted by molar-refractivity contribution is -0.139. The number of para-hydroxylation sites is 1. The number of nitrogens with zero attached hydrogens (tertiary/aromatic N) is 1. The molecule has 0 saturated heterocycles. The zero-order valence-corrected chi connectivity index (χ0v) is 18.5. The van der Waals surface area contributed by atoms with Gasteiger partial charge >= 0.3 is 5.97 Å². The number of carbonyl (C=O) groups excluding carboxylic acids is 2. The summed E-state index contributed by atoms with van der Waals surface area (Å²) >= 11 is 1.26. The van der Waals surface area contributed by atoms with Crippen LogP contribution in [-0.4, -0.2) is 36.2 Å². The highest BCUT2D eigenvalue weighted by atomic mass is 32.2. The van der Waals surface area contributed by atoms with Crippen molar-refractivity contribution in [3.63, 3.8) is 0 Å². The van der Waals surface area contributed by atoms with Crippen molar-refractivity contribution in [3.8, 4) is 11.5 Å². The molecule has 2 aliphatic heterocycles. The van der Waals surface area contributed by atoms with E-state index in [4.69, 9.17) is 19.2 Å². The summed E-state index contributed by atoms with van der Waals surface area (Å²) in [6.07, 6.45) is 0. The number of aliphatic imine (C=N–C) groups is 1. The molecule has 0 aliphatic carbocycles. The van der Waals surface area contributed by atoms with Crippen LogP contribution in [0, 0.1) is 0 Å². The van der Waals surface area contributed by atoms with Crippen molar-refractivity contribution in [2.75, 3.05) is 24.5 Å². The van der Waals surface area contributed by atoms with Crippen molar-refractivity contribution >= 4 is 34.5 Å². The van der Waals surface area contributed by atoms with Gasteiger partial charge in [0.05, 0.1) is 17.9 Å². The van der Waals surface area contributed by atoms with Gasteiger partial charge in [-0.2, -0.15) is 0 Å². The minimum atomic E-state index is -0.593. The Morgan fingerprint density at radius 2 is 1.97 bits per heavy atom. The number of esters is 1. The third-order valence-electron chi connectivity index (χ3n) is 4.82. The maximum atomic E-state index is 12.7. The molecular weight excluding hydrogens is 430 g/mol. The number of ether oxygens (including phenoxy) is 3. The Labute approximate surface area is 190 Å². The van der Waals surface area contributed by atoms with Gasteiger partial charge in [0.1, 0.15) is 6.04 Å². The highest BCUT2D eigenvalue weighted by Gasteiger charge is 2.31. The highest BCUT2D eigenvalue weighted by Crippen LogP contribution is 2.39. The molecule has 0 saturated carbocycles. The first-order chi connectivity index (χ1) is 15.5. The second kappa shape index (κ2) is 9.78. The lowest BCUT2D eigenvalue weighted by Gasteiger charge is -2.25. The molecule has 2 heterocycles. The van der Waals surface area contributed by atoms with Crippen LogP contribution >= 0.6 is 11.8 Å². The standard InChI is InChI=1S/C23H23N3O5S/c1-3-29-22(28)20-14(2)24-23(32-12-19(27)25-16-7-5-4-6-8-16)26-21(20)15-9-10-17-18(11-15)31-13-30-17/h4-11,21H,3,12-13H2,1-2H3,(H,24,26)(H,25,27)/t21-/m0/s1. The van der Waals surface area contributed by atoms with Crippen LogP contribution in [0.3, 0.4) is 0 Å². The number of carbonyl (C=O) groups is 2. The molecule has 2 aromatic carbocycles. The number of amides is 1. The van der Waals surface area contributed by atoms with Crippen LogP contribution in [0.5, 0.6) is 11.5 Å². The summed E-state index contributed by atoms with van der Waals surface area (Å²) in [5.41, 5.74) is 2.55.